The Kier molecular flexibility index (Phi) is 4.67. The molecule has 1 aliphatic carbocycles. The second-order valence-corrected chi connectivity index (χ2v) is 7.92. The fraction of sp³-hybridized carbons (Fsp3) is 0.250. The number of carbonyl (C=O) groups is 1. The SMILES string of the molecule is CC(C#N)Nc1c(F)c(Cl)c(-c2cn3cc(NC(=O)C4CC4F)nc3cn2)c2cn[nH]c12. The van der Waals surface area contributed by atoms with Crippen molar-refractivity contribution < 1.29 is 13.6 Å². The molecular weight excluding hydrogens is 442 g/mol. The number of aromatic nitrogens is 5. The van der Waals surface area contributed by atoms with E-state index in [0.29, 0.717) is 27.8 Å². The van der Waals surface area contributed by atoms with Gasteiger partial charge in [-0.1, -0.05) is 11.6 Å². The Hall–Kier alpha value is -3.78. The Labute approximate surface area is 184 Å². The predicted molar refractivity (Wildman–Crippen MR) is 113 cm³/mol. The third-order valence-corrected chi connectivity index (χ3v) is 5.60. The van der Waals surface area contributed by atoms with Gasteiger partial charge in [0, 0.05) is 17.1 Å². The molecule has 3 aromatic heterocycles. The van der Waals surface area contributed by atoms with Gasteiger partial charge < -0.3 is 15.0 Å². The molecule has 3 atom stereocenters. The molecular formula is C20H15ClF2N8O. The van der Waals surface area contributed by atoms with Crippen LogP contribution in [-0.2, 0) is 4.79 Å². The number of rotatable bonds is 5. The van der Waals surface area contributed by atoms with Crippen molar-refractivity contribution in [1.29, 1.82) is 5.26 Å². The third-order valence-electron chi connectivity index (χ3n) is 5.24. The smallest absolute Gasteiger partial charge is 0.231 e. The van der Waals surface area contributed by atoms with Gasteiger partial charge >= 0.3 is 0 Å². The number of amides is 1. The van der Waals surface area contributed by atoms with Gasteiger partial charge in [-0.25, -0.2) is 13.8 Å². The molecule has 1 fully saturated rings. The standard InChI is InChI=1S/C20H15ClF2N8O/c1-8(3-24)27-19-17(23)16(21)15(10-4-26-30-18(10)19)12-6-31-7-13(28-14(31)5-25-12)29-20(32)9-2-11(9)22/h4-9,11,27H,2H2,1H3,(H,26,30)(H,29,32). The maximum atomic E-state index is 15.1. The van der Waals surface area contributed by atoms with Crippen molar-refractivity contribution >= 4 is 45.6 Å². The lowest BCUT2D eigenvalue weighted by molar-refractivity contribution is -0.117. The molecule has 3 heterocycles. The van der Waals surface area contributed by atoms with Crippen LogP contribution >= 0.6 is 11.6 Å². The fourth-order valence-corrected chi connectivity index (χ4v) is 3.78. The number of aromatic amines is 1. The lowest BCUT2D eigenvalue weighted by Crippen LogP contribution is -2.15. The van der Waals surface area contributed by atoms with Crippen molar-refractivity contribution in [3.05, 3.63) is 35.6 Å². The zero-order valence-corrected chi connectivity index (χ0v) is 17.3. The lowest BCUT2D eigenvalue weighted by atomic mass is 10.1. The lowest BCUT2D eigenvalue weighted by Gasteiger charge is -2.14. The number of anilines is 2. The van der Waals surface area contributed by atoms with E-state index in [1.165, 1.54) is 12.4 Å². The molecule has 3 unspecified atom stereocenters. The summed E-state index contributed by atoms with van der Waals surface area (Å²) in [5.74, 6) is -1.55. The van der Waals surface area contributed by atoms with Crippen LogP contribution in [0.4, 0.5) is 20.3 Å². The highest BCUT2D eigenvalue weighted by atomic mass is 35.5. The third kappa shape index (κ3) is 3.29. The number of hydrogen-bond acceptors (Lipinski definition) is 6. The van der Waals surface area contributed by atoms with Gasteiger partial charge in [-0.3, -0.25) is 14.9 Å². The van der Waals surface area contributed by atoms with Crippen LogP contribution in [0, 0.1) is 23.1 Å². The molecule has 0 spiro atoms. The minimum absolute atomic E-state index is 0.0419. The van der Waals surface area contributed by atoms with E-state index in [4.69, 9.17) is 16.9 Å². The number of nitriles is 1. The molecule has 32 heavy (non-hydrogen) atoms. The van der Waals surface area contributed by atoms with Crippen LogP contribution in [0.5, 0.6) is 0 Å². The van der Waals surface area contributed by atoms with Crippen molar-refractivity contribution in [2.45, 2.75) is 25.6 Å². The van der Waals surface area contributed by atoms with Gasteiger partial charge in [-0.15, -0.1) is 0 Å². The van der Waals surface area contributed by atoms with E-state index in [-0.39, 0.29) is 22.9 Å². The summed E-state index contributed by atoms with van der Waals surface area (Å²) in [5, 5.41) is 21.5. The maximum Gasteiger partial charge on any atom is 0.231 e. The Morgan fingerprint density at radius 1 is 1.44 bits per heavy atom. The fourth-order valence-electron chi connectivity index (χ4n) is 3.49. The first kappa shape index (κ1) is 20.1. The summed E-state index contributed by atoms with van der Waals surface area (Å²) in [6.45, 7) is 1.59. The average molecular weight is 457 g/mol. The molecule has 0 saturated heterocycles. The second kappa shape index (κ2) is 7.42. The number of alkyl halides is 1. The number of carbonyl (C=O) groups excluding carboxylic acids is 1. The topological polar surface area (TPSA) is 124 Å². The molecule has 162 valence electrons. The largest absolute Gasteiger partial charge is 0.366 e. The van der Waals surface area contributed by atoms with Crippen molar-refractivity contribution in [3.8, 4) is 17.3 Å². The summed E-state index contributed by atoms with van der Waals surface area (Å²) in [4.78, 5) is 20.6. The van der Waals surface area contributed by atoms with E-state index in [2.05, 4.69) is 30.8 Å². The molecule has 3 N–H and O–H groups in total. The predicted octanol–water partition coefficient (Wildman–Crippen LogP) is 3.69. The monoisotopic (exact) mass is 456 g/mol. The Morgan fingerprint density at radius 3 is 2.94 bits per heavy atom. The van der Waals surface area contributed by atoms with Crippen LogP contribution in [0.25, 0.3) is 27.8 Å². The van der Waals surface area contributed by atoms with E-state index in [1.54, 1.807) is 23.7 Å². The molecule has 1 saturated carbocycles. The van der Waals surface area contributed by atoms with Gasteiger partial charge in [-0.05, 0) is 13.3 Å². The number of fused-ring (bicyclic) bond motifs is 2. The van der Waals surface area contributed by atoms with Crippen LogP contribution in [0.2, 0.25) is 5.02 Å². The molecule has 1 aromatic carbocycles. The minimum atomic E-state index is -1.11. The summed E-state index contributed by atoms with van der Waals surface area (Å²) < 4.78 is 29.8. The molecule has 4 aromatic rings. The first-order valence-electron chi connectivity index (χ1n) is 9.67. The highest BCUT2D eigenvalue weighted by Crippen LogP contribution is 2.41. The summed E-state index contributed by atoms with van der Waals surface area (Å²) in [5.41, 5.74) is 1.46. The number of halogens is 3. The maximum absolute atomic E-state index is 15.1. The van der Waals surface area contributed by atoms with Crippen LogP contribution in [0.3, 0.4) is 0 Å². The van der Waals surface area contributed by atoms with Gasteiger partial charge in [0.25, 0.3) is 0 Å². The zero-order chi connectivity index (χ0) is 22.6. The van der Waals surface area contributed by atoms with E-state index < -0.39 is 29.9 Å². The Morgan fingerprint density at radius 2 is 2.22 bits per heavy atom. The number of hydrogen-bond donors (Lipinski definition) is 3. The van der Waals surface area contributed by atoms with Gasteiger partial charge in [-0.2, -0.15) is 10.4 Å². The quantitative estimate of drug-likeness (QED) is 0.421. The second-order valence-electron chi connectivity index (χ2n) is 7.54. The molecule has 5 rings (SSSR count). The molecule has 9 nitrogen and oxygen atoms in total. The molecule has 1 amide bonds. The molecule has 0 aliphatic heterocycles. The highest BCUT2D eigenvalue weighted by Gasteiger charge is 2.43. The van der Waals surface area contributed by atoms with Crippen LogP contribution in [-0.4, -0.2) is 42.7 Å². The van der Waals surface area contributed by atoms with Crippen LogP contribution in [0.15, 0.2) is 24.8 Å². The van der Waals surface area contributed by atoms with Crippen molar-refractivity contribution in [2.75, 3.05) is 10.6 Å². The summed E-state index contributed by atoms with van der Waals surface area (Å²) >= 11 is 6.38. The summed E-state index contributed by atoms with van der Waals surface area (Å²) in [6.07, 6.45) is 5.19. The Balaban J connectivity index is 1.56. The molecule has 0 radical (unpaired) electrons. The zero-order valence-electron chi connectivity index (χ0n) is 16.5. The first-order chi connectivity index (χ1) is 15.4. The first-order valence-corrected chi connectivity index (χ1v) is 10.1. The van der Waals surface area contributed by atoms with E-state index in [1.807, 2.05) is 6.07 Å². The van der Waals surface area contributed by atoms with E-state index in [0.717, 1.165) is 0 Å². The average Bonchev–Trinajstić information content (AvgIpc) is 3.14. The minimum Gasteiger partial charge on any atom is -0.366 e. The van der Waals surface area contributed by atoms with Crippen molar-refractivity contribution in [1.82, 2.24) is 24.6 Å². The normalized spacial score (nSPS) is 18.5. The molecule has 12 heteroatoms. The van der Waals surface area contributed by atoms with Gasteiger partial charge in [0.1, 0.15) is 12.2 Å². The van der Waals surface area contributed by atoms with Crippen molar-refractivity contribution in [3.63, 3.8) is 0 Å². The number of nitrogens with one attached hydrogen (secondary N) is 3. The van der Waals surface area contributed by atoms with E-state index in [9.17, 15) is 9.18 Å². The summed E-state index contributed by atoms with van der Waals surface area (Å²) in [7, 11) is 0. The van der Waals surface area contributed by atoms with Crippen LogP contribution in [0.1, 0.15) is 13.3 Å². The number of imidazole rings is 1. The van der Waals surface area contributed by atoms with Gasteiger partial charge in [0.05, 0.1) is 52.5 Å². The number of nitrogens with zero attached hydrogens (tertiary/aromatic N) is 5. The molecule has 1 aliphatic rings. The van der Waals surface area contributed by atoms with Crippen molar-refractivity contribution in [2.24, 2.45) is 5.92 Å². The van der Waals surface area contributed by atoms with Crippen LogP contribution < -0.4 is 10.6 Å². The van der Waals surface area contributed by atoms with E-state index >= 15 is 4.39 Å². The highest BCUT2D eigenvalue weighted by molar-refractivity contribution is 6.35. The Bertz CT molecular complexity index is 1420. The summed E-state index contributed by atoms with van der Waals surface area (Å²) in [6, 6.07) is 1.33. The number of H-pyrrole nitrogens is 1. The van der Waals surface area contributed by atoms with Gasteiger partial charge in [0.2, 0.25) is 5.91 Å². The number of benzene rings is 1. The van der Waals surface area contributed by atoms with Gasteiger partial charge in [0.15, 0.2) is 17.3 Å². The molecule has 0 bridgehead atoms.